The topological polar surface area (TPSA) is 51.5 Å². The van der Waals surface area contributed by atoms with Gasteiger partial charge in [0.1, 0.15) is 11.6 Å². The van der Waals surface area contributed by atoms with Gasteiger partial charge in [0.15, 0.2) is 0 Å². The summed E-state index contributed by atoms with van der Waals surface area (Å²) < 4.78 is 23.4. The second-order valence-electron chi connectivity index (χ2n) is 9.11. The molecule has 5 rings (SSSR count). The Labute approximate surface area is 205 Å². The minimum Gasteiger partial charge on any atom is -0.496 e. The quantitative estimate of drug-likeness (QED) is 0.382. The largest absolute Gasteiger partial charge is 0.496 e. The van der Waals surface area contributed by atoms with Crippen LogP contribution in [0.25, 0.3) is 5.69 Å². The van der Waals surface area contributed by atoms with Gasteiger partial charge >= 0.3 is 0 Å². The molecule has 6 heteroatoms. The zero-order chi connectivity index (χ0) is 24.4. The summed E-state index contributed by atoms with van der Waals surface area (Å²) in [5.41, 5.74) is 5.35. The van der Waals surface area contributed by atoms with Crippen LogP contribution in [0.2, 0.25) is 5.02 Å². The van der Waals surface area contributed by atoms with Crippen LogP contribution in [0.4, 0.5) is 4.39 Å². The normalized spacial score (nSPS) is 15.9. The maximum Gasteiger partial charge on any atom is 0.300 e. The number of halogens is 2. The fourth-order valence-electron chi connectivity index (χ4n) is 4.88. The summed E-state index contributed by atoms with van der Waals surface area (Å²) in [4.78, 5) is 9.00. The van der Waals surface area contributed by atoms with Gasteiger partial charge in [0.05, 0.1) is 7.11 Å². The summed E-state index contributed by atoms with van der Waals surface area (Å²) in [6.45, 7) is 3.24. The van der Waals surface area contributed by atoms with E-state index in [1.54, 1.807) is 19.2 Å². The van der Waals surface area contributed by atoms with Gasteiger partial charge in [0, 0.05) is 46.6 Å². The fourth-order valence-corrected chi connectivity index (χ4v) is 5.07. The van der Waals surface area contributed by atoms with Gasteiger partial charge in [-0.25, -0.2) is 4.39 Å². The molecule has 1 N–H and O–H groups in total. The van der Waals surface area contributed by atoms with Gasteiger partial charge in [-0.3, -0.25) is 4.79 Å². The monoisotopic (exact) mass is 483 g/mol. The van der Waals surface area contributed by atoms with Crippen LogP contribution in [0.5, 0.6) is 5.75 Å². The minimum absolute atomic E-state index is 0.0171. The standard InChI is InChI=1S/C26H27ClFNO.C2H4O2/c1-3-19-5-4-14-29(19)22-12-10-18(27)15-20(22)24(16-6-7-16)26-21(28)11-13-23(30-2)25(26)17-8-9-17;1-2(3)4/h4-5,10-17,24H,3,6-9H2,1-2H3;1H3,(H,3,4). The third-order valence-electron chi connectivity index (χ3n) is 6.58. The Hall–Kier alpha value is -2.79. The molecule has 1 heterocycles. The Bertz CT molecular complexity index is 1180. The Morgan fingerprint density at radius 2 is 1.91 bits per heavy atom. The van der Waals surface area contributed by atoms with E-state index in [1.807, 2.05) is 6.07 Å². The Morgan fingerprint density at radius 1 is 1.21 bits per heavy atom. The molecule has 2 aromatic carbocycles. The lowest BCUT2D eigenvalue weighted by molar-refractivity contribution is -0.134. The van der Waals surface area contributed by atoms with Crippen LogP contribution in [-0.4, -0.2) is 22.8 Å². The average Bonchev–Trinajstić information content (AvgIpc) is 3.73. The molecule has 1 unspecified atom stereocenters. The zero-order valence-electron chi connectivity index (χ0n) is 19.9. The van der Waals surface area contributed by atoms with E-state index >= 15 is 4.39 Å². The Morgan fingerprint density at radius 3 is 2.50 bits per heavy atom. The van der Waals surface area contributed by atoms with Crippen molar-refractivity contribution in [1.29, 1.82) is 0 Å². The second-order valence-corrected chi connectivity index (χ2v) is 9.55. The number of carboxylic acid groups (broad SMARTS) is 1. The van der Waals surface area contributed by atoms with Gasteiger partial charge in [-0.15, -0.1) is 0 Å². The third kappa shape index (κ3) is 5.15. The maximum absolute atomic E-state index is 15.5. The number of benzene rings is 2. The number of rotatable bonds is 7. The molecule has 1 atom stereocenters. The SMILES string of the molecule is CC(=O)O.CCc1cccn1-c1ccc(Cl)cc1C(c1c(F)ccc(OC)c1C1CC1)C1CC1. The van der Waals surface area contributed by atoms with Crippen molar-refractivity contribution in [3.05, 3.63) is 81.9 Å². The van der Waals surface area contributed by atoms with Crippen LogP contribution >= 0.6 is 11.6 Å². The van der Waals surface area contributed by atoms with Gasteiger partial charge < -0.3 is 14.4 Å². The number of aliphatic carboxylic acids is 1. The first kappa shape index (κ1) is 24.3. The van der Waals surface area contributed by atoms with E-state index in [1.165, 1.54) is 5.69 Å². The number of aromatic nitrogens is 1. The molecular formula is C28H31ClFNO3. The molecule has 4 nitrogen and oxygen atoms in total. The smallest absolute Gasteiger partial charge is 0.300 e. The molecule has 2 saturated carbocycles. The van der Waals surface area contributed by atoms with E-state index < -0.39 is 5.97 Å². The van der Waals surface area contributed by atoms with Gasteiger partial charge in [0.25, 0.3) is 5.97 Å². The molecule has 0 saturated heterocycles. The van der Waals surface area contributed by atoms with Crippen LogP contribution < -0.4 is 4.74 Å². The highest BCUT2D eigenvalue weighted by Crippen LogP contribution is 2.55. The molecule has 0 aliphatic heterocycles. The van der Waals surface area contributed by atoms with Crippen molar-refractivity contribution in [3.63, 3.8) is 0 Å². The van der Waals surface area contributed by atoms with Crippen LogP contribution in [0.15, 0.2) is 48.7 Å². The molecule has 2 aliphatic carbocycles. The van der Waals surface area contributed by atoms with Crippen molar-refractivity contribution < 1.29 is 19.0 Å². The lowest BCUT2D eigenvalue weighted by Crippen LogP contribution is -2.14. The van der Waals surface area contributed by atoms with Gasteiger partial charge in [-0.2, -0.15) is 0 Å². The first-order valence-electron chi connectivity index (χ1n) is 11.9. The summed E-state index contributed by atoms with van der Waals surface area (Å²) in [7, 11) is 1.69. The van der Waals surface area contributed by atoms with Crippen LogP contribution in [0.3, 0.4) is 0 Å². The highest BCUT2D eigenvalue weighted by Gasteiger charge is 2.41. The molecule has 2 fully saturated rings. The third-order valence-corrected chi connectivity index (χ3v) is 6.82. The van der Waals surface area contributed by atoms with Crippen LogP contribution in [-0.2, 0) is 11.2 Å². The predicted octanol–water partition coefficient (Wildman–Crippen LogP) is 7.35. The number of nitrogens with zero attached hydrogens (tertiary/aromatic N) is 1. The fraction of sp³-hybridized carbons (Fsp3) is 0.393. The first-order valence-corrected chi connectivity index (χ1v) is 12.2. The highest BCUT2D eigenvalue weighted by atomic mass is 35.5. The van der Waals surface area contributed by atoms with Crippen molar-refractivity contribution in [1.82, 2.24) is 4.57 Å². The summed E-state index contributed by atoms with van der Waals surface area (Å²) >= 11 is 6.49. The van der Waals surface area contributed by atoms with Crippen LogP contribution in [0.1, 0.15) is 73.8 Å². The van der Waals surface area contributed by atoms with E-state index in [0.29, 0.717) is 16.9 Å². The van der Waals surface area contributed by atoms with Crippen molar-refractivity contribution in [2.24, 2.45) is 5.92 Å². The molecule has 0 spiro atoms. The summed E-state index contributed by atoms with van der Waals surface area (Å²) in [5, 5.41) is 8.11. The number of methoxy groups -OCH3 is 1. The molecule has 0 amide bonds. The van der Waals surface area contributed by atoms with E-state index in [2.05, 4.69) is 42.0 Å². The molecule has 0 radical (unpaired) electrons. The van der Waals surface area contributed by atoms with E-state index in [-0.39, 0.29) is 11.7 Å². The summed E-state index contributed by atoms with van der Waals surface area (Å²) in [5.74, 6) is 0.674. The van der Waals surface area contributed by atoms with Crippen LogP contribution in [0, 0.1) is 11.7 Å². The zero-order valence-corrected chi connectivity index (χ0v) is 20.6. The van der Waals surface area contributed by atoms with Crippen molar-refractivity contribution in [2.75, 3.05) is 7.11 Å². The maximum atomic E-state index is 15.5. The molecule has 180 valence electrons. The molecule has 34 heavy (non-hydrogen) atoms. The van der Waals surface area contributed by atoms with E-state index in [4.69, 9.17) is 26.2 Å². The summed E-state index contributed by atoms with van der Waals surface area (Å²) in [6, 6.07) is 13.7. The summed E-state index contributed by atoms with van der Waals surface area (Å²) in [6.07, 6.45) is 7.46. The van der Waals surface area contributed by atoms with E-state index in [9.17, 15) is 0 Å². The lowest BCUT2D eigenvalue weighted by Gasteiger charge is -2.26. The van der Waals surface area contributed by atoms with Crippen molar-refractivity contribution >= 4 is 17.6 Å². The van der Waals surface area contributed by atoms with Crippen molar-refractivity contribution in [3.8, 4) is 11.4 Å². The Kier molecular flexibility index (Phi) is 7.32. The number of hydrogen-bond donors (Lipinski definition) is 1. The minimum atomic E-state index is -0.833. The Balaban J connectivity index is 0.000000636. The van der Waals surface area contributed by atoms with Gasteiger partial charge in [0.2, 0.25) is 0 Å². The average molecular weight is 484 g/mol. The molecule has 2 aliphatic rings. The number of aryl methyl sites for hydroxylation is 1. The number of ether oxygens (including phenoxy) is 1. The first-order chi connectivity index (χ1) is 16.3. The number of carbonyl (C=O) groups is 1. The highest BCUT2D eigenvalue weighted by molar-refractivity contribution is 6.30. The van der Waals surface area contributed by atoms with Crippen molar-refractivity contribution in [2.45, 2.75) is 57.8 Å². The molecule has 3 aromatic rings. The number of carboxylic acids is 1. The molecule has 1 aromatic heterocycles. The number of hydrogen-bond acceptors (Lipinski definition) is 2. The lowest BCUT2D eigenvalue weighted by atomic mass is 9.81. The second kappa shape index (κ2) is 10.2. The molecule has 0 bridgehead atoms. The molecular weight excluding hydrogens is 453 g/mol. The predicted molar refractivity (Wildman–Crippen MR) is 133 cm³/mol. The van der Waals surface area contributed by atoms with Gasteiger partial charge in [-0.05, 0) is 92.0 Å². The van der Waals surface area contributed by atoms with E-state index in [0.717, 1.165) is 67.2 Å². The van der Waals surface area contributed by atoms with Gasteiger partial charge in [-0.1, -0.05) is 18.5 Å².